The van der Waals surface area contributed by atoms with Crippen molar-refractivity contribution in [1.82, 2.24) is 0 Å². The highest BCUT2D eigenvalue weighted by molar-refractivity contribution is 6.31. The van der Waals surface area contributed by atoms with Crippen LogP contribution in [-0.4, -0.2) is 12.6 Å². The van der Waals surface area contributed by atoms with Gasteiger partial charge in [-0.2, -0.15) is 0 Å². The second-order valence-corrected chi connectivity index (χ2v) is 5.61. The van der Waals surface area contributed by atoms with Crippen molar-refractivity contribution in [3.63, 3.8) is 0 Å². The molecule has 2 nitrogen and oxygen atoms in total. The lowest BCUT2D eigenvalue weighted by Crippen LogP contribution is -2.05. The number of carbonyl (C=O) groups is 1. The Morgan fingerprint density at radius 1 is 1.35 bits per heavy atom. The van der Waals surface area contributed by atoms with E-state index in [0.717, 1.165) is 10.6 Å². The van der Waals surface area contributed by atoms with Crippen LogP contribution in [0.5, 0.6) is 0 Å². The Bertz CT molecular complexity index is 488. The molecular weight excluding hydrogens is 272 g/mol. The van der Waals surface area contributed by atoms with Gasteiger partial charge in [-0.3, -0.25) is 0 Å². The van der Waals surface area contributed by atoms with Crippen LogP contribution < -0.4 is 0 Å². The van der Waals surface area contributed by atoms with Crippen LogP contribution in [0.25, 0.3) is 6.08 Å². The van der Waals surface area contributed by atoms with Crippen LogP contribution in [0.4, 0.5) is 0 Å². The molecule has 20 heavy (non-hydrogen) atoms. The number of hydrogen-bond acceptors (Lipinski definition) is 2. The minimum atomic E-state index is -0.319. The maximum Gasteiger partial charge on any atom is 0.330 e. The normalized spacial score (nSPS) is 16.5. The molecule has 0 amide bonds. The van der Waals surface area contributed by atoms with Crippen molar-refractivity contribution in [3.8, 4) is 0 Å². The maximum atomic E-state index is 11.3. The Morgan fingerprint density at radius 2 is 2.10 bits per heavy atom. The second kappa shape index (κ2) is 7.49. The molecule has 0 spiro atoms. The van der Waals surface area contributed by atoms with E-state index in [9.17, 15) is 4.79 Å². The molecule has 0 unspecified atom stereocenters. The van der Waals surface area contributed by atoms with Gasteiger partial charge in [0.15, 0.2) is 0 Å². The number of hydrogen-bond donors (Lipinski definition) is 0. The molecule has 1 aromatic rings. The van der Waals surface area contributed by atoms with E-state index in [-0.39, 0.29) is 5.97 Å². The largest absolute Gasteiger partial charge is 0.463 e. The summed E-state index contributed by atoms with van der Waals surface area (Å²) in [6.45, 7) is 2.19. The topological polar surface area (TPSA) is 26.3 Å². The highest BCUT2D eigenvalue weighted by Crippen LogP contribution is 2.36. The third-order valence-electron chi connectivity index (χ3n) is 3.77. The second-order valence-electron chi connectivity index (χ2n) is 5.20. The van der Waals surface area contributed by atoms with Crippen LogP contribution in [0.3, 0.4) is 0 Å². The van der Waals surface area contributed by atoms with Crippen molar-refractivity contribution in [2.45, 2.75) is 44.9 Å². The van der Waals surface area contributed by atoms with Gasteiger partial charge in [0.25, 0.3) is 0 Å². The SMILES string of the molecule is CCOC(=O)/C=C/c1ccc(C2CCCCC2)c(Cl)c1. The van der Waals surface area contributed by atoms with Gasteiger partial charge in [-0.1, -0.05) is 43.0 Å². The van der Waals surface area contributed by atoms with E-state index >= 15 is 0 Å². The fraction of sp³-hybridized carbons (Fsp3) is 0.471. The van der Waals surface area contributed by atoms with Crippen molar-refractivity contribution < 1.29 is 9.53 Å². The average molecular weight is 293 g/mol. The molecule has 0 bridgehead atoms. The molecule has 3 heteroatoms. The highest BCUT2D eigenvalue weighted by Gasteiger charge is 2.17. The first kappa shape index (κ1) is 15.1. The minimum absolute atomic E-state index is 0.319. The summed E-state index contributed by atoms with van der Waals surface area (Å²) in [7, 11) is 0. The predicted octanol–water partition coefficient (Wildman–Crippen LogP) is 4.96. The number of halogens is 1. The number of ether oxygens (including phenoxy) is 1. The Labute approximate surface area is 125 Å². The standard InChI is InChI=1S/C17H21ClO2/c1-2-20-17(19)11-9-13-8-10-15(16(18)12-13)14-6-4-3-5-7-14/h8-12,14H,2-7H2,1H3/b11-9+. The molecule has 1 fully saturated rings. The molecule has 0 aromatic heterocycles. The van der Waals surface area contributed by atoms with Crippen molar-refractivity contribution in [3.05, 3.63) is 40.4 Å². The summed E-state index contributed by atoms with van der Waals surface area (Å²) >= 11 is 6.39. The number of esters is 1. The molecule has 0 aliphatic heterocycles. The zero-order chi connectivity index (χ0) is 14.4. The fourth-order valence-electron chi connectivity index (χ4n) is 2.75. The summed E-state index contributed by atoms with van der Waals surface area (Å²) in [4.78, 5) is 11.3. The summed E-state index contributed by atoms with van der Waals surface area (Å²) in [5.74, 6) is 0.277. The van der Waals surface area contributed by atoms with Gasteiger partial charge < -0.3 is 4.74 Å². The molecule has 1 aliphatic rings. The van der Waals surface area contributed by atoms with Crippen LogP contribution in [0.2, 0.25) is 5.02 Å². The van der Waals surface area contributed by atoms with Crippen LogP contribution in [0, 0.1) is 0 Å². The Balaban J connectivity index is 2.07. The Morgan fingerprint density at radius 3 is 2.75 bits per heavy atom. The lowest BCUT2D eigenvalue weighted by molar-refractivity contribution is -0.137. The average Bonchev–Trinajstić information content (AvgIpc) is 2.46. The molecule has 0 radical (unpaired) electrons. The van der Waals surface area contributed by atoms with E-state index < -0.39 is 0 Å². The van der Waals surface area contributed by atoms with E-state index in [0.29, 0.717) is 12.5 Å². The predicted molar refractivity (Wildman–Crippen MR) is 82.9 cm³/mol. The van der Waals surface area contributed by atoms with E-state index in [1.165, 1.54) is 43.7 Å². The van der Waals surface area contributed by atoms with Crippen molar-refractivity contribution >= 4 is 23.6 Å². The first-order valence-electron chi connectivity index (χ1n) is 7.35. The first-order chi connectivity index (χ1) is 9.70. The van der Waals surface area contributed by atoms with Gasteiger partial charge in [0.1, 0.15) is 0 Å². The van der Waals surface area contributed by atoms with Crippen LogP contribution in [0.1, 0.15) is 56.1 Å². The van der Waals surface area contributed by atoms with Gasteiger partial charge in [0.05, 0.1) is 6.61 Å². The summed E-state index contributed by atoms with van der Waals surface area (Å²) in [6.07, 6.45) is 9.59. The summed E-state index contributed by atoms with van der Waals surface area (Å²) in [5, 5.41) is 0.808. The van der Waals surface area contributed by atoms with Gasteiger partial charge in [0, 0.05) is 11.1 Å². The monoisotopic (exact) mass is 292 g/mol. The third kappa shape index (κ3) is 4.11. The van der Waals surface area contributed by atoms with Crippen molar-refractivity contribution in [1.29, 1.82) is 0 Å². The molecule has 0 N–H and O–H groups in total. The van der Waals surface area contributed by atoms with Gasteiger partial charge in [-0.05, 0) is 49.0 Å². The lowest BCUT2D eigenvalue weighted by atomic mass is 9.84. The van der Waals surface area contributed by atoms with Crippen molar-refractivity contribution in [2.24, 2.45) is 0 Å². The van der Waals surface area contributed by atoms with Crippen LogP contribution in [-0.2, 0) is 9.53 Å². The quantitative estimate of drug-likeness (QED) is 0.579. The molecule has 0 atom stereocenters. The number of benzene rings is 1. The molecule has 2 rings (SSSR count). The summed E-state index contributed by atoms with van der Waals surface area (Å²) in [5.41, 5.74) is 2.18. The molecule has 1 aromatic carbocycles. The number of carbonyl (C=O) groups excluding carboxylic acids is 1. The van der Waals surface area contributed by atoms with Crippen molar-refractivity contribution in [2.75, 3.05) is 6.61 Å². The summed E-state index contributed by atoms with van der Waals surface area (Å²) < 4.78 is 4.85. The Kier molecular flexibility index (Phi) is 5.66. The first-order valence-corrected chi connectivity index (χ1v) is 7.72. The summed E-state index contributed by atoms with van der Waals surface area (Å²) in [6, 6.07) is 6.05. The maximum absolute atomic E-state index is 11.3. The van der Waals surface area contributed by atoms with E-state index in [1.54, 1.807) is 13.0 Å². The highest BCUT2D eigenvalue weighted by atomic mass is 35.5. The molecule has 1 saturated carbocycles. The minimum Gasteiger partial charge on any atom is -0.463 e. The van der Waals surface area contributed by atoms with Gasteiger partial charge in [0.2, 0.25) is 0 Å². The third-order valence-corrected chi connectivity index (χ3v) is 4.10. The van der Waals surface area contributed by atoms with Gasteiger partial charge in [-0.25, -0.2) is 4.79 Å². The smallest absolute Gasteiger partial charge is 0.330 e. The number of rotatable bonds is 4. The zero-order valence-electron chi connectivity index (χ0n) is 11.9. The van der Waals surface area contributed by atoms with Crippen LogP contribution in [0.15, 0.2) is 24.3 Å². The van der Waals surface area contributed by atoms with Gasteiger partial charge >= 0.3 is 5.97 Å². The molecule has 0 saturated heterocycles. The zero-order valence-corrected chi connectivity index (χ0v) is 12.7. The lowest BCUT2D eigenvalue weighted by Gasteiger charge is -2.23. The fourth-order valence-corrected chi connectivity index (χ4v) is 3.09. The van der Waals surface area contributed by atoms with Crippen LogP contribution >= 0.6 is 11.6 Å². The van der Waals surface area contributed by atoms with E-state index in [4.69, 9.17) is 16.3 Å². The molecular formula is C17H21ClO2. The van der Waals surface area contributed by atoms with E-state index in [1.807, 2.05) is 12.1 Å². The molecule has 1 aliphatic carbocycles. The molecule has 108 valence electrons. The Hall–Kier alpha value is -1.28. The van der Waals surface area contributed by atoms with E-state index in [2.05, 4.69) is 6.07 Å². The van der Waals surface area contributed by atoms with Gasteiger partial charge in [-0.15, -0.1) is 0 Å². The molecule has 0 heterocycles.